The maximum Gasteiger partial charge on any atom is 0.178 e. The fourth-order valence-electron chi connectivity index (χ4n) is 5.95. The van der Waals surface area contributed by atoms with Crippen molar-refractivity contribution in [2.45, 2.75) is 0 Å². The molecule has 0 aliphatic heterocycles. The molecule has 62 heavy (non-hydrogen) atoms. The van der Waals surface area contributed by atoms with E-state index in [0.717, 1.165) is 22.3 Å². The molecule has 0 atom stereocenters. The SMILES string of the molecule is COCCOCCOCCOc1ccccc1-c1cc(C=Nc2cccnc2/N=C/c2cc(-c3ccccc3OCCOCCOCCOC)cc(OC)c2O)c(O)c(OC)c1. The van der Waals surface area contributed by atoms with Crippen LogP contribution >= 0.6 is 0 Å². The van der Waals surface area contributed by atoms with Crippen LogP contribution in [-0.2, 0) is 28.4 Å². The molecular weight excluding hydrogens is 799 g/mol. The van der Waals surface area contributed by atoms with Crippen LogP contribution in [0.15, 0.2) is 101 Å². The van der Waals surface area contributed by atoms with Crippen LogP contribution in [0.2, 0.25) is 0 Å². The van der Waals surface area contributed by atoms with E-state index < -0.39 is 0 Å². The standard InChI is InChI=1S/C47H55N3O12/c1-53-16-18-57-20-22-59-24-26-61-41-13-7-5-10-38(41)34-28-36(45(51)43(30-34)55-3)32-49-40-12-9-15-48-47(40)50-33-37-29-35(31-44(56-4)46(37)52)39-11-6-8-14-42(39)62-27-25-60-23-21-58-19-17-54-2/h5-15,28-33,51-52H,16-27H2,1-4H3/b49-32?,50-33+. The number of ether oxygens (including phenoxy) is 10. The van der Waals surface area contributed by atoms with Crippen molar-refractivity contribution in [2.75, 3.05) is 108 Å². The molecule has 0 aliphatic rings. The van der Waals surface area contributed by atoms with E-state index in [2.05, 4.69) is 15.0 Å². The molecular formula is C47H55N3O12. The van der Waals surface area contributed by atoms with Crippen molar-refractivity contribution >= 4 is 23.9 Å². The van der Waals surface area contributed by atoms with E-state index >= 15 is 0 Å². The van der Waals surface area contributed by atoms with Crippen LogP contribution in [0.1, 0.15) is 11.1 Å². The number of pyridine rings is 1. The minimum Gasteiger partial charge on any atom is -0.504 e. The predicted molar refractivity (Wildman–Crippen MR) is 237 cm³/mol. The third-order valence-corrected chi connectivity index (χ3v) is 9.06. The molecule has 1 heterocycles. The number of phenols is 2. The summed E-state index contributed by atoms with van der Waals surface area (Å²) in [6, 6.07) is 25.7. The van der Waals surface area contributed by atoms with E-state index in [-0.39, 0.29) is 28.8 Å². The molecule has 0 unspecified atom stereocenters. The van der Waals surface area contributed by atoms with Crippen LogP contribution in [0, 0.1) is 0 Å². The van der Waals surface area contributed by atoms with Crippen molar-refractivity contribution in [2.24, 2.45) is 9.98 Å². The van der Waals surface area contributed by atoms with Crippen molar-refractivity contribution in [1.29, 1.82) is 0 Å². The Kier molecular flexibility index (Phi) is 19.9. The second-order valence-corrected chi connectivity index (χ2v) is 13.2. The monoisotopic (exact) mass is 853 g/mol. The second-order valence-electron chi connectivity index (χ2n) is 13.2. The molecule has 0 saturated heterocycles. The summed E-state index contributed by atoms with van der Waals surface area (Å²) in [5, 5.41) is 22.3. The highest BCUT2D eigenvalue weighted by Gasteiger charge is 2.16. The van der Waals surface area contributed by atoms with E-state index in [4.69, 9.17) is 47.4 Å². The van der Waals surface area contributed by atoms with Gasteiger partial charge in [-0.3, -0.25) is 4.99 Å². The lowest BCUT2D eigenvalue weighted by atomic mass is 10.0. The highest BCUT2D eigenvalue weighted by Crippen LogP contribution is 2.40. The Labute approximate surface area is 362 Å². The van der Waals surface area contributed by atoms with Crippen molar-refractivity contribution < 1.29 is 57.6 Å². The van der Waals surface area contributed by atoms with Crippen molar-refractivity contribution in [3.8, 4) is 56.8 Å². The first-order chi connectivity index (χ1) is 30.5. The maximum absolute atomic E-state index is 11.2. The van der Waals surface area contributed by atoms with Gasteiger partial charge in [-0.1, -0.05) is 36.4 Å². The summed E-state index contributed by atoms with van der Waals surface area (Å²) in [7, 11) is 6.22. The molecule has 5 rings (SSSR count). The van der Waals surface area contributed by atoms with E-state index in [1.54, 1.807) is 56.8 Å². The van der Waals surface area contributed by atoms with Gasteiger partial charge in [-0.2, -0.15) is 0 Å². The molecule has 0 spiro atoms. The molecule has 0 saturated carbocycles. The van der Waals surface area contributed by atoms with Crippen molar-refractivity contribution in [3.05, 3.63) is 102 Å². The van der Waals surface area contributed by atoms with Crippen LogP contribution in [0.5, 0.6) is 34.5 Å². The summed E-state index contributed by atoms with van der Waals surface area (Å²) >= 11 is 0. The number of aromatic hydroxyl groups is 2. The highest BCUT2D eigenvalue weighted by atomic mass is 16.6. The zero-order valence-corrected chi connectivity index (χ0v) is 35.6. The van der Waals surface area contributed by atoms with Gasteiger partial charge in [0, 0.05) is 55.1 Å². The molecule has 4 aromatic carbocycles. The lowest BCUT2D eigenvalue weighted by molar-refractivity contribution is 0.0180. The van der Waals surface area contributed by atoms with Crippen LogP contribution in [0.4, 0.5) is 11.5 Å². The number of hydrogen-bond donors (Lipinski definition) is 2. The molecule has 330 valence electrons. The van der Waals surface area contributed by atoms with Gasteiger partial charge in [0.05, 0.1) is 80.3 Å². The highest BCUT2D eigenvalue weighted by molar-refractivity contribution is 5.93. The third-order valence-electron chi connectivity index (χ3n) is 9.06. The number of benzene rings is 4. The van der Waals surface area contributed by atoms with Gasteiger partial charge in [-0.05, 0) is 59.7 Å². The number of nitrogens with zero attached hydrogens (tertiary/aromatic N) is 3. The first-order valence-corrected chi connectivity index (χ1v) is 20.1. The van der Waals surface area contributed by atoms with E-state index in [1.165, 1.54) is 26.6 Å². The summed E-state index contributed by atoms with van der Waals surface area (Å²) in [5.74, 6) is 1.84. The van der Waals surface area contributed by atoms with E-state index in [1.807, 2.05) is 48.5 Å². The average Bonchev–Trinajstić information content (AvgIpc) is 3.30. The topological polar surface area (TPSA) is 170 Å². The smallest absolute Gasteiger partial charge is 0.178 e. The van der Waals surface area contributed by atoms with Gasteiger partial charge in [0.25, 0.3) is 0 Å². The Morgan fingerprint density at radius 3 is 1.39 bits per heavy atom. The maximum atomic E-state index is 11.2. The van der Waals surface area contributed by atoms with Crippen molar-refractivity contribution in [1.82, 2.24) is 4.98 Å². The molecule has 0 fully saturated rings. The van der Waals surface area contributed by atoms with E-state index in [9.17, 15) is 10.2 Å². The molecule has 0 radical (unpaired) electrons. The summed E-state index contributed by atoms with van der Waals surface area (Å²) in [4.78, 5) is 13.7. The second kappa shape index (κ2) is 26.3. The molecule has 1 aromatic heterocycles. The first-order valence-electron chi connectivity index (χ1n) is 20.1. The Morgan fingerprint density at radius 2 is 0.919 bits per heavy atom. The number of rotatable bonds is 28. The first kappa shape index (κ1) is 47.0. The Balaban J connectivity index is 1.31. The fourth-order valence-corrected chi connectivity index (χ4v) is 5.95. The average molecular weight is 854 g/mol. The molecule has 2 N–H and O–H groups in total. The summed E-state index contributed by atoms with van der Waals surface area (Å²) in [5.41, 5.74) is 4.20. The lowest BCUT2D eigenvalue weighted by Crippen LogP contribution is -2.12. The normalized spacial score (nSPS) is 11.4. The van der Waals surface area contributed by atoms with Gasteiger partial charge < -0.3 is 57.6 Å². The van der Waals surface area contributed by atoms with E-state index in [0.29, 0.717) is 108 Å². The predicted octanol–water partition coefficient (Wildman–Crippen LogP) is 7.46. The van der Waals surface area contributed by atoms with Gasteiger partial charge in [-0.25, -0.2) is 9.98 Å². The number of phenolic OH excluding ortho intramolecular Hbond substituents is 2. The minimum atomic E-state index is -0.102. The lowest BCUT2D eigenvalue weighted by Gasteiger charge is -2.14. The van der Waals surface area contributed by atoms with Crippen LogP contribution in [-0.4, -0.2) is 135 Å². The largest absolute Gasteiger partial charge is 0.504 e. The zero-order chi connectivity index (χ0) is 43.8. The van der Waals surface area contributed by atoms with Gasteiger partial charge in [0.2, 0.25) is 0 Å². The molecule has 5 aromatic rings. The number of aliphatic imine (C=N–C) groups is 2. The molecule has 15 heteroatoms. The molecule has 0 amide bonds. The van der Waals surface area contributed by atoms with Crippen LogP contribution < -0.4 is 18.9 Å². The summed E-state index contributed by atoms with van der Waals surface area (Å²) in [6.45, 7) is 5.31. The Hall–Kier alpha value is -6.07. The quantitative estimate of drug-likeness (QED) is 0.0376. The minimum absolute atomic E-state index is 0.0950. The Bertz CT molecular complexity index is 2030. The molecule has 0 aliphatic carbocycles. The third kappa shape index (κ3) is 14.3. The fraction of sp³-hybridized carbons (Fsp3) is 0.340. The van der Waals surface area contributed by atoms with Crippen molar-refractivity contribution in [3.63, 3.8) is 0 Å². The summed E-state index contributed by atoms with van der Waals surface area (Å²) in [6.07, 6.45) is 4.60. The number of methoxy groups -OCH3 is 4. The number of aromatic nitrogens is 1. The van der Waals surface area contributed by atoms with Crippen LogP contribution in [0.25, 0.3) is 22.3 Å². The van der Waals surface area contributed by atoms with Crippen LogP contribution in [0.3, 0.4) is 0 Å². The molecule has 0 bridgehead atoms. The molecule has 15 nitrogen and oxygen atoms in total. The van der Waals surface area contributed by atoms with Gasteiger partial charge in [0.1, 0.15) is 30.4 Å². The van der Waals surface area contributed by atoms with Gasteiger partial charge >= 0.3 is 0 Å². The number of hydrogen-bond acceptors (Lipinski definition) is 15. The Morgan fingerprint density at radius 1 is 0.484 bits per heavy atom. The van der Waals surface area contributed by atoms with Gasteiger partial charge in [-0.15, -0.1) is 0 Å². The zero-order valence-electron chi connectivity index (χ0n) is 35.6. The number of para-hydroxylation sites is 2. The summed E-state index contributed by atoms with van der Waals surface area (Å²) < 4.78 is 55.4. The van der Waals surface area contributed by atoms with Gasteiger partial charge in [0.15, 0.2) is 28.8 Å².